The third-order valence-corrected chi connectivity index (χ3v) is 5.70. The van der Waals surface area contributed by atoms with Crippen molar-refractivity contribution in [2.45, 2.75) is 46.5 Å². The first-order chi connectivity index (χ1) is 14.4. The summed E-state index contributed by atoms with van der Waals surface area (Å²) in [7, 11) is 1.32. The largest absolute Gasteiger partial charge is 0.464 e. The quantitative estimate of drug-likeness (QED) is 0.517. The maximum atomic E-state index is 12.5. The Morgan fingerprint density at radius 2 is 1.97 bits per heavy atom. The summed E-state index contributed by atoms with van der Waals surface area (Å²) in [5, 5.41) is 5.29. The number of carbonyl (C=O) groups excluding carboxylic acids is 2. The second-order valence-corrected chi connectivity index (χ2v) is 7.61. The maximum absolute atomic E-state index is 12.5. The van der Waals surface area contributed by atoms with Crippen LogP contribution in [0.4, 0.5) is 0 Å². The number of furan rings is 2. The minimum atomic E-state index is -0.511. The van der Waals surface area contributed by atoms with Crippen LogP contribution in [-0.2, 0) is 22.4 Å². The fourth-order valence-corrected chi connectivity index (χ4v) is 3.94. The Balaban J connectivity index is 1.54. The van der Waals surface area contributed by atoms with Gasteiger partial charge in [-0.3, -0.25) is 4.79 Å². The SMILES string of the molecule is COC(=O)c1oc2c(c1C)/C(=N/NC(=O)Cc1coc3c(C)c(C)ccc13)CCC2. The Morgan fingerprint density at radius 1 is 1.17 bits per heavy atom. The first-order valence-corrected chi connectivity index (χ1v) is 9.93. The molecule has 0 saturated carbocycles. The number of nitrogens with zero attached hydrogens (tertiary/aromatic N) is 1. The molecule has 1 aromatic carbocycles. The summed E-state index contributed by atoms with van der Waals surface area (Å²) in [4.78, 5) is 24.5. The lowest BCUT2D eigenvalue weighted by molar-refractivity contribution is -0.120. The Hall–Kier alpha value is -3.35. The van der Waals surface area contributed by atoms with E-state index in [1.54, 1.807) is 13.2 Å². The van der Waals surface area contributed by atoms with Gasteiger partial charge < -0.3 is 13.6 Å². The van der Waals surface area contributed by atoms with Gasteiger partial charge in [-0.1, -0.05) is 12.1 Å². The van der Waals surface area contributed by atoms with E-state index in [4.69, 9.17) is 13.6 Å². The van der Waals surface area contributed by atoms with Crippen LogP contribution in [0.2, 0.25) is 0 Å². The number of rotatable bonds is 4. The summed E-state index contributed by atoms with van der Waals surface area (Å²) in [6.07, 6.45) is 4.05. The van der Waals surface area contributed by atoms with Gasteiger partial charge in [-0.25, -0.2) is 10.2 Å². The molecule has 0 unspecified atom stereocenters. The van der Waals surface area contributed by atoms with Crippen molar-refractivity contribution in [3.8, 4) is 0 Å². The van der Waals surface area contributed by atoms with E-state index in [0.717, 1.165) is 46.1 Å². The molecule has 2 heterocycles. The number of fused-ring (bicyclic) bond motifs is 2. The highest BCUT2D eigenvalue weighted by Gasteiger charge is 2.28. The third-order valence-electron chi connectivity index (χ3n) is 5.70. The summed E-state index contributed by atoms with van der Waals surface area (Å²) in [6.45, 7) is 5.84. The number of carbonyl (C=O) groups is 2. The lowest BCUT2D eigenvalue weighted by atomic mass is 9.93. The van der Waals surface area contributed by atoms with E-state index in [2.05, 4.69) is 10.5 Å². The van der Waals surface area contributed by atoms with Gasteiger partial charge in [-0.15, -0.1) is 0 Å². The molecule has 0 bridgehead atoms. The average molecular weight is 408 g/mol. The van der Waals surface area contributed by atoms with Crippen LogP contribution in [0.5, 0.6) is 0 Å². The van der Waals surface area contributed by atoms with Crippen molar-refractivity contribution in [1.82, 2.24) is 5.43 Å². The van der Waals surface area contributed by atoms with Gasteiger partial charge in [0.15, 0.2) is 0 Å². The monoisotopic (exact) mass is 408 g/mol. The van der Waals surface area contributed by atoms with Crippen molar-refractivity contribution < 1.29 is 23.2 Å². The zero-order valence-electron chi connectivity index (χ0n) is 17.5. The minimum absolute atomic E-state index is 0.164. The number of esters is 1. The molecule has 30 heavy (non-hydrogen) atoms. The number of nitrogens with one attached hydrogen (secondary N) is 1. The predicted octanol–water partition coefficient (Wildman–Crippen LogP) is 4.14. The average Bonchev–Trinajstić information content (AvgIpc) is 3.30. The first-order valence-electron chi connectivity index (χ1n) is 9.93. The Kier molecular flexibility index (Phi) is 5.20. The highest BCUT2D eigenvalue weighted by atomic mass is 16.5. The number of amides is 1. The fraction of sp³-hybridized carbons (Fsp3) is 0.348. The summed E-state index contributed by atoms with van der Waals surface area (Å²) in [5.74, 6) is 0.158. The van der Waals surface area contributed by atoms with Crippen molar-refractivity contribution in [2.75, 3.05) is 7.11 Å². The number of hydrogen-bond donors (Lipinski definition) is 1. The fourth-order valence-electron chi connectivity index (χ4n) is 3.94. The molecule has 0 aliphatic heterocycles. The van der Waals surface area contributed by atoms with E-state index >= 15 is 0 Å². The van der Waals surface area contributed by atoms with Crippen molar-refractivity contribution in [3.05, 3.63) is 57.7 Å². The van der Waals surface area contributed by atoms with Crippen LogP contribution in [0.15, 0.2) is 32.3 Å². The van der Waals surface area contributed by atoms with Gasteiger partial charge in [0.1, 0.15) is 11.3 Å². The molecule has 7 nitrogen and oxygen atoms in total. The van der Waals surface area contributed by atoms with E-state index in [1.807, 2.05) is 26.0 Å². The molecule has 1 N–H and O–H groups in total. The topological polar surface area (TPSA) is 94.0 Å². The molecule has 2 aromatic heterocycles. The van der Waals surface area contributed by atoms with E-state index in [-0.39, 0.29) is 18.1 Å². The molecular weight excluding hydrogens is 384 g/mol. The minimum Gasteiger partial charge on any atom is -0.464 e. The Labute approximate surface area is 174 Å². The van der Waals surface area contributed by atoms with E-state index in [1.165, 1.54) is 7.11 Å². The van der Waals surface area contributed by atoms with Crippen molar-refractivity contribution in [3.63, 3.8) is 0 Å². The number of methoxy groups -OCH3 is 1. The molecule has 0 radical (unpaired) electrons. The number of ether oxygens (including phenoxy) is 1. The van der Waals surface area contributed by atoms with Gasteiger partial charge >= 0.3 is 5.97 Å². The van der Waals surface area contributed by atoms with Crippen molar-refractivity contribution in [2.24, 2.45) is 5.10 Å². The summed E-state index contributed by atoms with van der Waals surface area (Å²) >= 11 is 0. The molecule has 0 fully saturated rings. The Morgan fingerprint density at radius 3 is 2.73 bits per heavy atom. The lowest BCUT2D eigenvalue weighted by Crippen LogP contribution is -2.23. The predicted molar refractivity (Wildman–Crippen MR) is 112 cm³/mol. The molecule has 3 aromatic rings. The van der Waals surface area contributed by atoms with Crippen LogP contribution in [0.1, 0.15) is 57.0 Å². The third kappa shape index (κ3) is 3.40. The number of hydrogen-bond acceptors (Lipinski definition) is 6. The standard InChI is InChI=1S/C23H24N2O5/c1-12-8-9-16-15(11-29-21(16)13(12)2)10-19(26)25-24-17-6-5-7-18-20(17)14(3)22(30-18)23(27)28-4/h8-9,11H,5-7,10H2,1-4H3,(H,25,26)/b24-17+. The van der Waals surface area contributed by atoms with Gasteiger partial charge in [0, 0.05) is 28.5 Å². The normalized spacial score (nSPS) is 14.7. The molecule has 7 heteroatoms. The van der Waals surface area contributed by atoms with Crippen LogP contribution in [-0.4, -0.2) is 24.7 Å². The number of aryl methyl sites for hydroxylation is 3. The summed E-state index contributed by atoms with van der Waals surface area (Å²) in [5.41, 5.74) is 8.70. The summed E-state index contributed by atoms with van der Waals surface area (Å²) < 4.78 is 16.2. The second kappa shape index (κ2) is 7.82. The highest BCUT2D eigenvalue weighted by molar-refractivity contribution is 6.06. The molecule has 1 aliphatic carbocycles. The van der Waals surface area contributed by atoms with Gasteiger partial charge in [0.25, 0.3) is 0 Å². The van der Waals surface area contributed by atoms with Crippen LogP contribution >= 0.6 is 0 Å². The van der Waals surface area contributed by atoms with Gasteiger partial charge in [-0.2, -0.15) is 5.10 Å². The van der Waals surface area contributed by atoms with Crippen LogP contribution < -0.4 is 5.43 Å². The zero-order chi connectivity index (χ0) is 21.4. The van der Waals surface area contributed by atoms with E-state index < -0.39 is 5.97 Å². The molecule has 0 saturated heterocycles. The van der Waals surface area contributed by atoms with E-state index in [9.17, 15) is 9.59 Å². The van der Waals surface area contributed by atoms with E-state index in [0.29, 0.717) is 23.5 Å². The first kappa shape index (κ1) is 19.9. The molecule has 156 valence electrons. The summed E-state index contributed by atoms with van der Waals surface area (Å²) in [6, 6.07) is 4.01. The molecule has 0 spiro atoms. The second-order valence-electron chi connectivity index (χ2n) is 7.61. The Bertz CT molecular complexity index is 1180. The highest BCUT2D eigenvalue weighted by Crippen LogP contribution is 2.30. The van der Waals surface area contributed by atoms with Gasteiger partial charge in [-0.05, 0) is 44.7 Å². The smallest absolute Gasteiger partial charge is 0.374 e. The maximum Gasteiger partial charge on any atom is 0.374 e. The number of hydrazone groups is 1. The van der Waals surface area contributed by atoms with Crippen molar-refractivity contribution >= 4 is 28.6 Å². The van der Waals surface area contributed by atoms with Crippen molar-refractivity contribution in [1.29, 1.82) is 0 Å². The molecule has 1 aliphatic rings. The van der Waals surface area contributed by atoms with Crippen LogP contribution in [0.3, 0.4) is 0 Å². The van der Waals surface area contributed by atoms with Crippen LogP contribution in [0, 0.1) is 20.8 Å². The number of benzene rings is 1. The lowest BCUT2D eigenvalue weighted by Gasteiger charge is -2.13. The molecule has 0 atom stereocenters. The van der Waals surface area contributed by atoms with Gasteiger partial charge in [0.05, 0.1) is 25.5 Å². The molecule has 1 amide bonds. The molecule has 4 rings (SSSR count). The van der Waals surface area contributed by atoms with Gasteiger partial charge in [0.2, 0.25) is 11.7 Å². The molecular formula is C23H24N2O5. The van der Waals surface area contributed by atoms with Crippen LogP contribution in [0.25, 0.3) is 11.0 Å². The zero-order valence-corrected chi connectivity index (χ0v) is 17.5.